The van der Waals surface area contributed by atoms with Crippen LogP contribution in [0.5, 0.6) is 0 Å². The van der Waals surface area contributed by atoms with Gasteiger partial charge in [-0.15, -0.1) is 0 Å². The molecule has 1 aromatic heterocycles. The molecule has 1 saturated carbocycles. The number of fused-ring (bicyclic) bond motifs is 1. The van der Waals surface area contributed by atoms with Crippen LogP contribution in [0.1, 0.15) is 50.7 Å². The number of amides is 2. The molecule has 2 saturated heterocycles. The molecule has 0 N–H and O–H groups in total. The second-order valence-corrected chi connectivity index (χ2v) is 9.94. The van der Waals surface area contributed by atoms with E-state index in [2.05, 4.69) is 46.1 Å². The van der Waals surface area contributed by atoms with Crippen LogP contribution >= 0.6 is 0 Å². The summed E-state index contributed by atoms with van der Waals surface area (Å²) in [5.41, 5.74) is 2.24. The van der Waals surface area contributed by atoms with Crippen LogP contribution in [0.15, 0.2) is 42.7 Å². The van der Waals surface area contributed by atoms with Gasteiger partial charge in [0, 0.05) is 30.6 Å². The number of carbonyl (C=O) groups is 2. The number of rotatable bonds is 4. The zero-order valence-electron chi connectivity index (χ0n) is 18.7. The summed E-state index contributed by atoms with van der Waals surface area (Å²) in [6, 6.07) is 10.9. The summed E-state index contributed by atoms with van der Waals surface area (Å²) >= 11 is 0. The minimum Gasteiger partial charge on any atom is -0.334 e. The van der Waals surface area contributed by atoms with Gasteiger partial charge in [0.1, 0.15) is 6.54 Å². The van der Waals surface area contributed by atoms with Crippen molar-refractivity contribution in [3.63, 3.8) is 0 Å². The van der Waals surface area contributed by atoms with E-state index in [9.17, 15) is 9.59 Å². The zero-order chi connectivity index (χ0) is 21.8. The van der Waals surface area contributed by atoms with Crippen molar-refractivity contribution in [3.8, 4) is 0 Å². The van der Waals surface area contributed by atoms with Gasteiger partial charge >= 0.3 is 0 Å². The van der Waals surface area contributed by atoms with E-state index in [1.165, 1.54) is 5.56 Å². The molecule has 1 aromatic carbocycles. The lowest BCUT2D eigenvalue weighted by Crippen LogP contribution is -2.63. The SMILES string of the molecule is CC(=O)N1[C@H]2CCC[C@H]3N(C(=O)Cn4cc(C)cn4)[C@H](Cc4ccccc4)[C@@H]1C[C@@]23C. The normalized spacial score (nSPS) is 31.7. The smallest absolute Gasteiger partial charge is 0.244 e. The molecule has 2 bridgehead atoms. The van der Waals surface area contributed by atoms with Crippen LogP contribution in [0, 0.1) is 12.3 Å². The first-order valence-electron chi connectivity index (χ1n) is 11.5. The number of hydrogen-bond acceptors (Lipinski definition) is 3. The Balaban J connectivity index is 1.55. The van der Waals surface area contributed by atoms with E-state index in [4.69, 9.17) is 0 Å². The first kappa shape index (κ1) is 20.3. The number of hydrogen-bond donors (Lipinski definition) is 0. The van der Waals surface area contributed by atoms with E-state index < -0.39 is 0 Å². The Morgan fingerprint density at radius 2 is 1.84 bits per heavy atom. The molecular formula is C25H32N4O2. The van der Waals surface area contributed by atoms with Crippen molar-refractivity contribution in [2.24, 2.45) is 5.41 Å². The van der Waals surface area contributed by atoms with E-state index in [0.29, 0.717) is 0 Å². The van der Waals surface area contributed by atoms with Gasteiger partial charge in [0.25, 0.3) is 0 Å². The predicted molar refractivity (Wildman–Crippen MR) is 118 cm³/mol. The molecule has 2 aliphatic heterocycles. The summed E-state index contributed by atoms with van der Waals surface area (Å²) < 4.78 is 1.75. The standard InChI is InChI=1S/C25H32N4O2/c1-17-14-26-27(15-17)16-24(31)29-20(12-19-8-5-4-6-9-19)21-13-25(3)22(28(21)18(2)30)10-7-11-23(25)29/h4-6,8-9,14-15,20-23H,7,10-13,16H2,1-3H3/t20-,21+,22+,23-,25+/m1/s1. The second-order valence-electron chi connectivity index (χ2n) is 9.94. The maximum absolute atomic E-state index is 13.8. The van der Waals surface area contributed by atoms with Crippen LogP contribution in [0.25, 0.3) is 0 Å². The molecule has 3 heterocycles. The van der Waals surface area contributed by atoms with Crippen molar-refractivity contribution in [1.29, 1.82) is 0 Å². The lowest BCUT2D eigenvalue weighted by molar-refractivity contribution is -0.146. The van der Waals surface area contributed by atoms with Crippen molar-refractivity contribution in [2.45, 2.75) is 83.6 Å². The molecule has 5 atom stereocenters. The molecule has 1 aliphatic carbocycles. The fraction of sp³-hybridized carbons (Fsp3) is 0.560. The van der Waals surface area contributed by atoms with Crippen LogP contribution < -0.4 is 0 Å². The molecule has 5 rings (SSSR count). The third kappa shape index (κ3) is 3.27. The fourth-order valence-corrected chi connectivity index (χ4v) is 6.77. The minimum absolute atomic E-state index is 0.00312. The van der Waals surface area contributed by atoms with Crippen LogP contribution in [-0.4, -0.2) is 55.6 Å². The van der Waals surface area contributed by atoms with Gasteiger partial charge in [-0.3, -0.25) is 14.3 Å². The summed E-state index contributed by atoms with van der Waals surface area (Å²) in [6.07, 6.45) is 8.61. The minimum atomic E-state index is -0.0303. The van der Waals surface area contributed by atoms with Gasteiger partial charge < -0.3 is 9.80 Å². The molecule has 6 heteroatoms. The number of carbonyl (C=O) groups excluding carboxylic acids is 2. The van der Waals surface area contributed by atoms with Crippen LogP contribution in [0.4, 0.5) is 0 Å². The van der Waals surface area contributed by atoms with E-state index in [1.807, 2.05) is 19.2 Å². The Labute approximate surface area is 184 Å². The number of piperidine rings is 1. The number of benzene rings is 1. The summed E-state index contributed by atoms with van der Waals surface area (Å²) in [6.45, 7) is 6.26. The largest absolute Gasteiger partial charge is 0.334 e. The molecule has 164 valence electrons. The molecule has 2 aromatic rings. The Morgan fingerprint density at radius 3 is 2.48 bits per heavy atom. The van der Waals surface area contributed by atoms with Crippen molar-refractivity contribution in [1.82, 2.24) is 19.6 Å². The van der Waals surface area contributed by atoms with Crippen molar-refractivity contribution >= 4 is 11.8 Å². The van der Waals surface area contributed by atoms with Gasteiger partial charge in [0.05, 0.1) is 18.3 Å². The summed E-state index contributed by atoms with van der Waals surface area (Å²) in [4.78, 5) is 30.9. The summed E-state index contributed by atoms with van der Waals surface area (Å²) in [5.74, 6) is 0.269. The lowest BCUT2D eigenvalue weighted by Gasteiger charge is -2.53. The molecule has 0 spiro atoms. The molecular weight excluding hydrogens is 388 g/mol. The molecule has 0 radical (unpaired) electrons. The monoisotopic (exact) mass is 420 g/mol. The Hall–Kier alpha value is -2.63. The third-order valence-electron chi connectivity index (χ3n) is 7.96. The number of likely N-dealkylation sites (tertiary alicyclic amines) is 2. The lowest BCUT2D eigenvalue weighted by atomic mass is 9.64. The molecule has 3 fully saturated rings. The van der Waals surface area contributed by atoms with Gasteiger partial charge in [0.15, 0.2) is 0 Å². The van der Waals surface area contributed by atoms with Gasteiger partial charge in [-0.1, -0.05) is 37.3 Å². The van der Waals surface area contributed by atoms with Gasteiger partial charge in [0.2, 0.25) is 11.8 Å². The highest BCUT2D eigenvalue weighted by molar-refractivity contribution is 5.79. The highest BCUT2D eigenvalue weighted by Crippen LogP contribution is 2.56. The van der Waals surface area contributed by atoms with Crippen molar-refractivity contribution < 1.29 is 9.59 Å². The Bertz CT molecular complexity index is 986. The first-order valence-corrected chi connectivity index (χ1v) is 11.5. The maximum atomic E-state index is 13.8. The number of aromatic nitrogens is 2. The van der Waals surface area contributed by atoms with Gasteiger partial charge in [-0.05, 0) is 50.2 Å². The number of nitrogens with zero attached hydrogens (tertiary/aromatic N) is 4. The van der Waals surface area contributed by atoms with E-state index in [0.717, 1.165) is 37.7 Å². The molecule has 3 aliphatic rings. The van der Waals surface area contributed by atoms with Crippen LogP contribution in [-0.2, 0) is 22.6 Å². The Kier molecular flexibility index (Phi) is 4.91. The first-order chi connectivity index (χ1) is 14.9. The average molecular weight is 421 g/mol. The van der Waals surface area contributed by atoms with Crippen molar-refractivity contribution in [3.05, 3.63) is 53.9 Å². The maximum Gasteiger partial charge on any atom is 0.244 e. The molecule has 31 heavy (non-hydrogen) atoms. The second kappa shape index (κ2) is 7.50. The van der Waals surface area contributed by atoms with Gasteiger partial charge in [-0.25, -0.2) is 0 Å². The fourth-order valence-electron chi connectivity index (χ4n) is 6.77. The Morgan fingerprint density at radius 1 is 1.13 bits per heavy atom. The quantitative estimate of drug-likeness (QED) is 0.763. The summed E-state index contributed by atoms with van der Waals surface area (Å²) in [5, 5.41) is 4.36. The third-order valence-corrected chi connectivity index (χ3v) is 7.96. The van der Waals surface area contributed by atoms with Gasteiger partial charge in [-0.2, -0.15) is 5.10 Å². The van der Waals surface area contributed by atoms with Crippen LogP contribution in [0.3, 0.4) is 0 Å². The summed E-state index contributed by atoms with van der Waals surface area (Å²) in [7, 11) is 0. The average Bonchev–Trinajstić information content (AvgIpc) is 3.28. The van der Waals surface area contributed by atoms with E-state index in [1.54, 1.807) is 17.8 Å². The molecule has 2 amide bonds. The molecule has 0 unspecified atom stereocenters. The number of aryl methyl sites for hydroxylation is 1. The van der Waals surface area contributed by atoms with Crippen LogP contribution in [0.2, 0.25) is 0 Å². The van der Waals surface area contributed by atoms with E-state index >= 15 is 0 Å². The zero-order valence-corrected chi connectivity index (χ0v) is 18.7. The highest BCUT2D eigenvalue weighted by Gasteiger charge is 2.64. The predicted octanol–water partition coefficient (Wildman–Crippen LogP) is 3.19. The highest BCUT2D eigenvalue weighted by atomic mass is 16.2. The molecule has 6 nitrogen and oxygen atoms in total. The van der Waals surface area contributed by atoms with Crippen molar-refractivity contribution in [2.75, 3.05) is 0 Å². The van der Waals surface area contributed by atoms with E-state index in [-0.39, 0.29) is 47.9 Å². The topological polar surface area (TPSA) is 58.4 Å².